The van der Waals surface area contributed by atoms with Crippen LogP contribution in [0.3, 0.4) is 0 Å². The SMILES string of the molecule is CN(CN)Cc1ccc(-c2sc3c(c2C(=O)O)CC(C)(C)CC3)cc1. The number of carboxylic acids is 1. The van der Waals surface area contributed by atoms with Crippen molar-refractivity contribution in [3.63, 3.8) is 0 Å². The van der Waals surface area contributed by atoms with Gasteiger partial charge in [0.05, 0.1) is 5.56 Å². The van der Waals surface area contributed by atoms with Crippen LogP contribution < -0.4 is 5.73 Å². The highest BCUT2D eigenvalue weighted by molar-refractivity contribution is 7.16. The molecule has 25 heavy (non-hydrogen) atoms. The second-order valence-electron chi connectivity index (χ2n) is 7.75. The molecule has 4 nitrogen and oxygen atoms in total. The van der Waals surface area contributed by atoms with E-state index in [-0.39, 0.29) is 5.41 Å². The maximum absolute atomic E-state index is 12.0. The van der Waals surface area contributed by atoms with Gasteiger partial charge in [0.2, 0.25) is 0 Å². The van der Waals surface area contributed by atoms with Gasteiger partial charge in [-0.25, -0.2) is 4.79 Å². The Morgan fingerprint density at radius 1 is 1.32 bits per heavy atom. The fourth-order valence-corrected chi connectivity index (χ4v) is 4.80. The summed E-state index contributed by atoms with van der Waals surface area (Å²) >= 11 is 1.66. The minimum Gasteiger partial charge on any atom is -0.478 e. The summed E-state index contributed by atoms with van der Waals surface area (Å²) in [6.45, 7) is 5.75. The van der Waals surface area contributed by atoms with Crippen molar-refractivity contribution < 1.29 is 9.90 Å². The molecule has 0 radical (unpaired) electrons. The summed E-state index contributed by atoms with van der Waals surface area (Å²) in [5.41, 5.74) is 9.54. The van der Waals surface area contributed by atoms with Crippen molar-refractivity contribution in [3.8, 4) is 10.4 Å². The van der Waals surface area contributed by atoms with Crippen LogP contribution in [0.15, 0.2) is 24.3 Å². The van der Waals surface area contributed by atoms with E-state index >= 15 is 0 Å². The van der Waals surface area contributed by atoms with E-state index in [1.165, 1.54) is 10.4 Å². The average Bonchev–Trinajstić information content (AvgIpc) is 2.92. The molecule has 3 N–H and O–H groups in total. The number of thiophene rings is 1. The van der Waals surface area contributed by atoms with Crippen molar-refractivity contribution in [1.82, 2.24) is 4.90 Å². The first kappa shape index (κ1) is 18.1. The Balaban J connectivity index is 1.98. The van der Waals surface area contributed by atoms with Crippen LogP contribution in [0.2, 0.25) is 0 Å². The van der Waals surface area contributed by atoms with E-state index in [0.717, 1.165) is 41.8 Å². The molecule has 0 spiro atoms. The molecule has 2 aromatic rings. The van der Waals surface area contributed by atoms with Crippen molar-refractivity contribution in [2.75, 3.05) is 13.7 Å². The van der Waals surface area contributed by atoms with Gasteiger partial charge in [0.25, 0.3) is 0 Å². The summed E-state index contributed by atoms with van der Waals surface area (Å²) in [6.07, 6.45) is 2.94. The molecule has 0 saturated carbocycles. The number of nitrogens with zero attached hydrogens (tertiary/aromatic N) is 1. The molecule has 0 fully saturated rings. The predicted octanol–water partition coefficient (Wildman–Crippen LogP) is 3.98. The van der Waals surface area contributed by atoms with Crippen LogP contribution in [0.5, 0.6) is 0 Å². The number of carbonyl (C=O) groups is 1. The van der Waals surface area contributed by atoms with Crippen LogP contribution in [-0.4, -0.2) is 29.7 Å². The van der Waals surface area contributed by atoms with Crippen LogP contribution >= 0.6 is 11.3 Å². The standard InChI is InChI=1S/C20H26N2O2S/c1-20(2)9-8-16-15(10-20)17(19(23)24)18(25-16)14-6-4-13(5-7-14)11-22(3)12-21/h4-7H,8-12,21H2,1-3H3,(H,23,24). The molecular weight excluding hydrogens is 332 g/mol. The lowest BCUT2D eigenvalue weighted by Crippen LogP contribution is -2.24. The maximum atomic E-state index is 12.0. The van der Waals surface area contributed by atoms with Crippen LogP contribution in [0, 0.1) is 5.41 Å². The molecule has 3 rings (SSSR count). The summed E-state index contributed by atoms with van der Waals surface area (Å²) in [5, 5.41) is 9.83. The largest absolute Gasteiger partial charge is 0.478 e. The molecule has 0 bridgehead atoms. The highest BCUT2D eigenvalue weighted by Gasteiger charge is 2.32. The quantitative estimate of drug-likeness (QED) is 0.794. The number of carboxylic acid groups (broad SMARTS) is 1. The zero-order valence-electron chi connectivity index (χ0n) is 15.1. The second-order valence-corrected chi connectivity index (χ2v) is 8.85. The lowest BCUT2D eigenvalue weighted by atomic mass is 9.76. The zero-order valence-corrected chi connectivity index (χ0v) is 15.9. The third-order valence-corrected chi connectivity index (χ3v) is 6.31. The van der Waals surface area contributed by atoms with Crippen LogP contribution in [0.25, 0.3) is 10.4 Å². The van der Waals surface area contributed by atoms with Gasteiger partial charge in [-0.2, -0.15) is 0 Å². The first-order valence-corrected chi connectivity index (χ1v) is 9.48. The molecule has 0 atom stereocenters. The number of aryl methyl sites for hydroxylation is 1. The number of nitrogens with two attached hydrogens (primary N) is 1. The fourth-order valence-electron chi connectivity index (χ4n) is 3.49. The first-order chi connectivity index (χ1) is 11.8. The lowest BCUT2D eigenvalue weighted by molar-refractivity contribution is 0.0696. The van der Waals surface area contributed by atoms with Crippen LogP contribution in [0.4, 0.5) is 0 Å². The second kappa shape index (κ2) is 6.90. The van der Waals surface area contributed by atoms with E-state index in [1.54, 1.807) is 11.3 Å². The highest BCUT2D eigenvalue weighted by Crippen LogP contribution is 2.45. The van der Waals surface area contributed by atoms with Crippen molar-refractivity contribution in [2.45, 2.75) is 39.7 Å². The number of hydrogen-bond donors (Lipinski definition) is 2. The molecule has 0 amide bonds. The van der Waals surface area contributed by atoms with Crippen molar-refractivity contribution in [1.29, 1.82) is 0 Å². The van der Waals surface area contributed by atoms with Gasteiger partial charge >= 0.3 is 5.97 Å². The molecule has 1 aliphatic carbocycles. The summed E-state index contributed by atoms with van der Waals surface area (Å²) in [4.78, 5) is 16.2. The van der Waals surface area contributed by atoms with Crippen molar-refractivity contribution in [2.24, 2.45) is 11.1 Å². The van der Waals surface area contributed by atoms with E-state index in [4.69, 9.17) is 5.73 Å². The van der Waals surface area contributed by atoms with Crippen LogP contribution in [-0.2, 0) is 19.4 Å². The Bertz CT molecular complexity index is 778. The molecule has 1 heterocycles. The van der Waals surface area contributed by atoms with Gasteiger partial charge in [-0.1, -0.05) is 38.1 Å². The summed E-state index contributed by atoms with van der Waals surface area (Å²) in [5.74, 6) is -0.808. The molecule has 1 aliphatic rings. The van der Waals surface area contributed by atoms with E-state index in [9.17, 15) is 9.90 Å². The third-order valence-electron chi connectivity index (χ3n) is 4.97. The maximum Gasteiger partial charge on any atom is 0.337 e. The molecule has 0 aliphatic heterocycles. The molecule has 5 heteroatoms. The number of hydrogen-bond acceptors (Lipinski definition) is 4. The van der Waals surface area contributed by atoms with Gasteiger partial charge in [-0.3, -0.25) is 4.90 Å². The van der Waals surface area contributed by atoms with Gasteiger partial charge in [-0.05, 0) is 48.4 Å². The molecule has 1 aromatic heterocycles. The topological polar surface area (TPSA) is 66.6 Å². The zero-order chi connectivity index (χ0) is 18.2. The minimum atomic E-state index is -0.808. The third kappa shape index (κ3) is 3.78. The molecule has 0 unspecified atom stereocenters. The Kier molecular flexibility index (Phi) is 5.00. The Hall–Kier alpha value is -1.69. The van der Waals surface area contributed by atoms with Crippen molar-refractivity contribution in [3.05, 3.63) is 45.8 Å². The van der Waals surface area contributed by atoms with Crippen molar-refractivity contribution >= 4 is 17.3 Å². The first-order valence-electron chi connectivity index (χ1n) is 8.66. The summed E-state index contributed by atoms with van der Waals surface area (Å²) in [6, 6.07) is 8.20. The Labute approximate surface area is 153 Å². The number of benzene rings is 1. The van der Waals surface area contributed by atoms with E-state index in [2.05, 4.69) is 26.0 Å². The molecule has 134 valence electrons. The average molecular weight is 359 g/mol. The summed E-state index contributed by atoms with van der Waals surface area (Å²) in [7, 11) is 1.98. The minimum absolute atomic E-state index is 0.173. The Morgan fingerprint density at radius 2 is 2.00 bits per heavy atom. The number of fused-ring (bicyclic) bond motifs is 1. The van der Waals surface area contributed by atoms with Gasteiger partial charge in [0.1, 0.15) is 0 Å². The number of aromatic carboxylic acids is 1. The molecule has 1 aromatic carbocycles. The molecular formula is C20H26N2O2S. The van der Waals surface area contributed by atoms with Gasteiger partial charge in [-0.15, -0.1) is 11.3 Å². The summed E-state index contributed by atoms with van der Waals surface area (Å²) < 4.78 is 0. The fraction of sp³-hybridized carbons (Fsp3) is 0.450. The normalized spacial score (nSPS) is 16.0. The van der Waals surface area contributed by atoms with E-state index in [1.807, 2.05) is 24.1 Å². The highest BCUT2D eigenvalue weighted by atomic mass is 32.1. The van der Waals surface area contributed by atoms with Gasteiger partial charge in [0, 0.05) is 23.0 Å². The lowest BCUT2D eigenvalue weighted by Gasteiger charge is -2.29. The van der Waals surface area contributed by atoms with E-state index < -0.39 is 5.97 Å². The predicted molar refractivity (Wildman–Crippen MR) is 103 cm³/mol. The molecule has 0 saturated heterocycles. The van der Waals surface area contributed by atoms with Gasteiger partial charge < -0.3 is 10.8 Å². The Morgan fingerprint density at radius 3 is 2.60 bits per heavy atom. The monoisotopic (exact) mass is 358 g/mol. The van der Waals surface area contributed by atoms with Crippen LogP contribution in [0.1, 0.15) is 46.6 Å². The number of rotatable bonds is 5. The van der Waals surface area contributed by atoms with Gasteiger partial charge in [0.15, 0.2) is 0 Å². The van der Waals surface area contributed by atoms with E-state index in [0.29, 0.717) is 12.2 Å². The smallest absolute Gasteiger partial charge is 0.337 e.